The molecule has 0 bridgehead atoms. The van der Waals surface area contributed by atoms with Crippen LogP contribution in [0.1, 0.15) is 5.56 Å². The van der Waals surface area contributed by atoms with E-state index in [9.17, 15) is 13.2 Å². The van der Waals surface area contributed by atoms with Crippen molar-refractivity contribution in [3.05, 3.63) is 59.4 Å². The maximum Gasteiger partial charge on any atom is 0.182 e. The summed E-state index contributed by atoms with van der Waals surface area (Å²) in [6.07, 6.45) is 0. The van der Waals surface area contributed by atoms with E-state index in [0.717, 1.165) is 0 Å². The Balaban J connectivity index is 2.37. The van der Waals surface area contributed by atoms with Gasteiger partial charge in [0.05, 0.1) is 5.69 Å². The number of benzene rings is 2. The van der Waals surface area contributed by atoms with E-state index in [4.69, 9.17) is 5.73 Å². The first-order chi connectivity index (χ1) is 8.99. The summed E-state index contributed by atoms with van der Waals surface area (Å²) in [5, 5.41) is 2.58. The maximum absolute atomic E-state index is 13.8. The van der Waals surface area contributed by atoms with Crippen LogP contribution in [-0.2, 0) is 0 Å². The van der Waals surface area contributed by atoms with Crippen molar-refractivity contribution in [3.8, 4) is 0 Å². The summed E-state index contributed by atoms with van der Waals surface area (Å²) in [5.74, 6) is -2.73. The van der Waals surface area contributed by atoms with E-state index >= 15 is 0 Å². The monoisotopic (exact) mass is 282 g/mol. The van der Waals surface area contributed by atoms with Gasteiger partial charge < -0.3 is 11.1 Å². The van der Waals surface area contributed by atoms with Gasteiger partial charge in [0.2, 0.25) is 0 Å². The summed E-state index contributed by atoms with van der Waals surface area (Å²) in [5.41, 5.74) is 5.28. The van der Waals surface area contributed by atoms with Crippen LogP contribution >= 0.6 is 12.2 Å². The van der Waals surface area contributed by atoms with Gasteiger partial charge in [0.25, 0.3) is 0 Å². The fourth-order valence-corrected chi connectivity index (χ4v) is 1.72. The van der Waals surface area contributed by atoms with E-state index in [1.54, 1.807) is 0 Å². The number of thiocarbonyl (C=S) groups is 1. The van der Waals surface area contributed by atoms with Gasteiger partial charge in [-0.2, -0.15) is 0 Å². The van der Waals surface area contributed by atoms with Gasteiger partial charge in [-0.3, -0.25) is 0 Å². The van der Waals surface area contributed by atoms with Gasteiger partial charge >= 0.3 is 0 Å². The van der Waals surface area contributed by atoms with Crippen LogP contribution in [-0.4, -0.2) is 4.99 Å². The Morgan fingerprint density at radius 3 is 2.42 bits per heavy atom. The van der Waals surface area contributed by atoms with Crippen molar-refractivity contribution in [1.29, 1.82) is 0 Å². The largest absolute Gasteiger partial charge is 0.389 e. The second kappa shape index (κ2) is 5.27. The smallest absolute Gasteiger partial charge is 0.182 e. The van der Waals surface area contributed by atoms with Crippen molar-refractivity contribution in [3.63, 3.8) is 0 Å². The van der Waals surface area contributed by atoms with Gasteiger partial charge in [0.15, 0.2) is 11.6 Å². The molecule has 0 aliphatic heterocycles. The fraction of sp³-hybridized carbons (Fsp3) is 0. The van der Waals surface area contributed by atoms with Crippen LogP contribution in [0.25, 0.3) is 0 Å². The van der Waals surface area contributed by atoms with E-state index in [1.807, 2.05) is 0 Å². The lowest BCUT2D eigenvalue weighted by molar-refractivity contribution is 0.510. The molecule has 2 aromatic carbocycles. The highest BCUT2D eigenvalue weighted by Crippen LogP contribution is 2.24. The zero-order valence-electron chi connectivity index (χ0n) is 9.58. The summed E-state index contributed by atoms with van der Waals surface area (Å²) in [6, 6.07) is 7.95. The molecule has 0 saturated carbocycles. The van der Waals surface area contributed by atoms with Gasteiger partial charge in [-0.1, -0.05) is 18.3 Å². The number of rotatable bonds is 3. The molecule has 0 aliphatic carbocycles. The second-order valence-electron chi connectivity index (χ2n) is 3.79. The Morgan fingerprint density at radius 2 is 1.79 bits per heavy atom. The SMILES string of the molecule is NC(=S)c1ccc(Nc2cccc(F)c2)c(F)c1F. The van der Waals surface area contributed by atoms with Crippen LogP contribution in [0.3, 0.4) is 0 Å². The van der Waals surface area contributed by atoms with Gasteiger partial charge in [-0.25, -0.2) is 13.2 Å². The average Bonchev–Trinajstić information content (AvgIpc) is 2.35. The molecule has 19 heavy (non-hydrogen) atoms. The third-order valence-corrected chi connectivity index (χ3v) is 2.67. The molecule has 0 aromatic heterocycles. The Kier molecular flexibility index (Phi) is 3.71. The number of anilines is 2. The first-order valence-electron chi connectivity index (χ1n) is 5.29. The van der Waals surface area contributed by atoms with Crippen molar-refractivity contribution in [2.75, 3.05) is 5.32 Å². The predicted molar refractivity (Wildman–Crippen MR) is 71.9 cm³/mol. The van der Waals surface area contributed by atoms with Crippen LogP contribution in [0.5, 0.6) is 0 Å². The van der Waals surface area contributed by atoms with Gasteiger partial charge in [-0.05, 0) is 30.3 Å². The highest BCUT2D eigenvalue weighted by molar-refractivity contribution is 7.80. The molecular weight excluding hydrogens is 273 g/mol. The molecule has 0 spiro atoms. The Morgan fingerprint density at radius 1 is 1.05 bits per heavy atom. The van der Waals surface area contributed by atoms with E-state index in [-0.39, 0.29) is 16.2 Å². The van der Waals surface area contributed by atoms with Crippen molar-refractivity contribution in [2.45, 2.75) is 0 Å². The van der Waals surface area contributed by atoms with Crippen molar-refractivity contribution < 1.29 is 13.2 Å². The summed E-state index contributed by atoms with van der Waals surface area (Å²) >= 11 is 4.60. The summed E-state index contributed by atoms with van der Waals surface area (Å²) in [7, 11) is 0. The number of hydrogen-bond donors (Lipinski definition) is 2. The average molecular weight is 282 g/mol. The van der Waals surface area contributed by atoms with Crippen LogP contribution in [0, 0.1) is 17.5 Å². The standard InChI is InChI=1S/C13H9F3N2S/c14-7-2-1-3-8(6-7)18-10-5-4-9(13(17)19)11(15)12(10)16/h1-6,18H,(H2,17,19). The van der Waals surface area contributed by atoms with E-state index in [2.05, 4.69) is 17.5 Å². The molecular formula is C13H9F3N2S. The molecule has 0 aliphatic rings. The van der Waals surface area contributed by atoms with E-state index < -0.39 is 17.5 Å². The Hall–Kier alpha value is -2.08. The Bertz CT molecular complexity index is 644. The molecule has 3 N–H and O–H groups in total. The molecule has 0 heterocycles. The minimum absolute atomic E-state index is 0.122. The number of hydrogen-bond acceptors (Lipinski definition) is 2. The molecule has 0 amide bonds. The fourth-order valence-electron chi connectivity index (χ4n) is 1.56. The molecule has 2 rings (SSSR count). The van der Waals surface area contributed by atoms with Crippen LogP contribution in [0.15, 0.2) is 36.4 Å². The quantitative estimate of drug-likeness (QED) is 0.846. The van der Waals surface area contributed by atoms with Crippen LogP contribution < -0.4 is 11.1 Å². The highest BCUT2D eigenvalue weighted by Gasteiger charge is 2.15. The number of halogens is 3. The first-order valence-corrected chi connectivity index (χ1v) is 5.70. The molecule has 0 atom stereocenters. The predicted octanol–water partition coefficient (Wildman–Crippen LogP) is 3.48. The summed E-state index contributed by atoms with van der Waals surface area (Å²) < 4.78 is 40.4. The summed E-state index contributed by atoms with van der Waals surface area (Å²) in [4.78, 5) is -0.228. The zero-order valence-corrected chi connectivity index (χ0v) is 10.4. The molecule has 6 heteroatoms. The van der Waals surface area contributed by atoms with E-state index in [0.29, 0.717) is 5.69 Å². The van der Waals surface area contributed by atoms with Gasteiger partial charge in [0, 0.05) is 11.3 Å². The Labute approximate surface area is 113 Å². The van der Waals surface area contributed by atoms with E-state index in [1.165, 1.54) is 36.4 Å². The minimum atomic E-state index is -1.13. The minimum Gasteiger partial charge on any atom is -0.389 e. The topological polar surface area (TPSA) is 38.0 Å². The normalized spacial score (nSPS) is 10.3. The zero-order chi connectivity index (χ0) is 14.0. The second-order valence-corrected chi connectivity index (χ2v) is 4.23. The number of nitrogens with two attached hydrogens (primary N) is 1. The van der Waals surface area contributed by atoms with Gasteiger partial charge in [0.1, 0.15) is 10.8 Å². The van der Waals surface area contributed by atoms with Gasteiger partial charge in [-0.15, -0.1) is 0 Å². The lowest BCUT2D eigenvalue weighted by Crippen LogP contribution is -2.13. The molecule has 98 valence electrons. The summed E-state index contributed by atoms with van der Waals surface area (Å²) in [6.45, 7) is 0. The number of nitrogens with one attached hydrogen (secondary N) is 1. The molecule has 2 aromatic rings. The third-order valence-electron chi connectivity index (χ3n) is 2.45. The lowest BCUT2D eigenvalue weighted by atomic mass is 10.1. The molecule has 0 unspecified atom stereocenters. The van der Waals surface area contributed by atoms with Crippen molar-refractivity contribution >= 4 is 28.6 Å². The van der Waals surface area contributed by atoms with Crippen LogP contribution in [0.4, 0.5) is 24.5 Å². The van der Waals surface area contributed by atoms with Crippen molar-refractivity contribution in [2.24, 2.45) is 5.73 Å². The highest BCUT2D eigenvalue weighted by atomic mass is 32.1. The lowest BCUT2D eigenvalue weighted by Gasteiger charge is -2.10. The maximum atomic E-state index is 13.8. The molecule has 0 saturated heterocycles. The van der Waals surface area contributed by atoms with Crippen LogP contribution in [0.2, 0.25) is 0 Å². The van der Waals surface area contributed by atoms with Crippen molar-refractivity contribution in [1.82, 2.24) is 0 Å². The molecule has 0 radical (unpaired) electrons. The molecule has 2 nitrogen and oxygen atoms in total. The first kappa shape index (κ1) is 13.4. The third kappa shape index (κ3) is 2.85. The molecule has 0 fully saturated rings.